The normalized spacial score (nSPS) is 12.6. The molecule has 0 aromatic heterocycles. The first-order valence-corrected chi connectivity index (χ1v) is 8.84. The van der Waals surface area contributed by atoms with Crippen LogP contribution in [0, 0.1) is 0 Å². The molecule has 0 saturated carbocycles. The molecule has 1 rings (SSSR count). The Kier molecular flexibility index (Phi) is 5.98. The Morgan fingerprint density at radius 1 is 1.21 bits per heavy atom. The van der Waals surface area contributed by atoms with E-state index in [0.29, 0.717) is 12.8 Å². The van der Waals surface area contributed by atoms with Gasteiger partial charge in [0.1, 0.15) is 9.84 Å². The summed E-state index contributed by atoms with van der Waals surface area (Å²) in [6, 6.07) is 7.35. The molecule has 0 saturated heterocycles. The summed E-state index contributed by atoms with van der Waals surface area (Å²) in [6.45, 7) is -0.453. The number of halogens is 1. The van der Waals surface area contributed by atoms with Crippen LogP contribution in [0.2, 0.25) is 0 Å². The van der Waals surface area contributed by atoms with Gasteiger partial charge in [0, 0.05) is 21.9 Å². The van der Waals surface area contributed by atoms with Gasteiger partial charge in [-0.15, -0.1) is 0 Å². The number of hydrogen-bond acceptors (Lipinski definition) is 4. The molecule has 0 spiro atoms. The number of benzene rings is 1. The second-order valence-electron chi connectivity index (χ2n) is 4.81. The minimum absolute atomic E-state index is 0.0548. The van der Waals surface area contributed by atoms with Gasteiger partial charge in [-0.05, 0) is 24.5 Å². The molecule has 0 atom stereocenters. The van der Waals surface area contributed by atoms with Gasteiger partial charge in [0.25, 0.3) is 0 Å². The molecular weight excluding hydrogens is 332 g/mol. The first-order chi connectivity index (χ1) is 8.84. The Morgan fingerprint density at radius 3 is 2.26 bits per heavy atom. The fourth-order valence-corrected chi connectivity index (χ4v) is 3.45. The maximum Gasteiger partial charge on any atom is 0.147 e. The van der Waals surface area contributed by atoms with Crippen LogP contribution in [-0.2, 0) is 15.3 Å². The molecule has 1 aromatic carbocycles. The Bertz CT molecular complexity index is 509. The summed E-state index contributed by atoms with van der Waals surface area (Å²) in [7, 11) is -3.03. The molecule has 0 aliphatic heterocycles. The van der Waals surface area contributed by atoms with Crippen LogP contribution in [0.1, 0.15) is 18.4 Å². The third-order valence-corrected chi connectivity index (χ3v) is 4.94. The van der Waals surface area contributed by atoms with Crippen LogP contribution in [0.3, 0.4) is 0 Å². The van der Waals surface area contributed by atoms with E-state index in [9.17, 15) is 18.6 Å². The van der Waals surface area contributed by atoms with E-state index in [1.54, 1.807) is 0 Å². The minimum Gasteiger partial charge on any atom is -0.395 e. The molecule has 0 radical (unpaired) electrons. The molecule has 0 heterocycles. The quantitative estimate of drug-likeness (QED) is 0.781. The van der Waals surface area contributed by atoms with Crippen molar-refractivity contribution in [3.63, 3.8) is 0 Å². The van der Waals surface area contributed by atoms with Gasteiger partial charge in [-0.25, -0.2) is 8.42 Å². The van der Waals surface area contributed by atoms with Crippen molar-refractivity contribution < 1.29 is 18.6 Å². The highest BCUT2D eigenvalue weighted by atomic mass is 79.9. The van der Waals surface area contributed by atoms with Gasteiger partial charge < -0.3 is 10.2 Å². The lowest BCUT2D eigenvalue weighted by molar-refractivity contribution is 0.108. The van der Waals surface area contributed by atoms with Crippen LogP contribution in [0.5, 0.6) is 0 Å². The van der Waals surface area contributed by atoms with Crippen molar-refractivity contribution in [3.8, 4) is 0 Å². The number of aliphatic hydroxyl groups is 2. The van der Waals surface area contributed by atoms with Gasteiger partial charge in [-0.3, -0.25) is 0 Å². The first kappa shape index (κ1) is 16.6. The molecule has 19 heavy (non-hydrogen) atoms. The Labute approximate surface area is 122 Å². The van der Waals surface area contributed by atoms with Crippen LogP contribution < -0.4 is 0 Å². The molecule has 0 bridgehead atoms. The summed E-state index contributed by atoms with van der Waals surface area (Å²) in [5.74, 6) is 0.0548. The Morgan fingerprint density at radius 2 is 1.79 bits per heavy atom. The Hall–Kier alpha value is -0.430. The Balaban J connectivity index is 2.95. The van der Waals surface area contributed by atoms with Crippen molar-refractivity contribution in [1.29, 1.82) is 0 Å². The van der Waals surface area contributed by atoms with Crippen molar-refractivity contribution in [2.75, 3.05) is 25.2 Å². The van der Waals surface area contributed by atoms with E-state index >= 15 is 0 Å². The van der Waals surface area contributed by atoms with Crippen molar-refractivity contribution in [3.05, 3.63) is 34.3 Å². The fourth-order valence-electron chi connectivity index (χ4n) is 2.08. The molecule has 108 valence electrons. The highest BCUT2D eigenvalue weighted by Gasteiger charge is 2.32. The zero-order valence-corrected chi connectivity index (χ0v) is 13.2. The lowest BCUT2D eigenvalue weighted by Crippen LogP contribution is -2.35. The lowest BCUT2D eigenvalue weighted by Gasteiger charge is -2.31. The molecule has 0 unspecified atom stereocenters. The first-order valence-electron chi connectivity index (χ1n) is 5.99. The number of hydrogen-bond donors (Lipinski definition) is 2. The van der Waals surface area contributed by atoms with Crippen molar-refractivity contribution in [1.82, 2.24) is 0 Å². The third kappa shape index (κ3) is 4.56. The number of sulfone groups is 1. The van der Waals surface area contributed by atoms with Gasteiger partial charge in [0.15, 0.2) is 0 Å². The highest BCUT2D eigenvalue weighted by Crippen LogP contribution is 2.34. The molecular formula is C13H19BrO4S. The second kappa shape index (κ2) is 6.83. The fraction of sp³-hybridized carbons (Fsp3) is 0.538. The second-order valence-corrected chi connectivity index (χ2v) is 7.92. The van der Waals surface area contributed by atoms with Gasteiger partial charge in [-0.1, -0.05) is 34.1 Å². The maximum atomic E-state index is 11.2. The summed E-state index contributed by atoms with van der Waals surface area (Å²) in [5, 5.41) is 19.3. The summed E-state index contributed by atoms with van der Waals surface area (Å²) < 4.78 is 23.1. The third-order valence-electron chi connectivity index (χ3n) is 3.22. The number of aliphatic hydroxyl groups excluding tert-OH is 2. The van der Waals surface area contributed by atoms with E-state index in [1.807, 2.05) is 24.3 Å². The molecule has 4 nitrogen and oxygen atoms in total. The molecule has 0 fully saturated rings. The van der Waals surface area contributed by atoms with Crippen LogP contribution in [0.4, 0.5) is 0 Å². The van der Waals surface area contributed by atoms with Crippen LogP contribution in [0.25, 0.3) is 0 Å². The molecule has 0 aliphatic carbocycles. The SMILES string of the molecule is CS(=O)(=O)CCCC(CO)(CO)c1ccccc1Br. The van der Waals surface area contributed by atoms with Crippen LogP contribution in [0.15, 0.2) is 28.7 Å². The zero-order chi connectivity index (χ0) is 14.5. The average molecular weight is 351 g/mol. The summed E-state index contributed by atoms with van der Waals surface area (Å²) in [4.78, 5) is 0. The van der Waals surface area contributed by atoms with Gasteiger partial charge >= 0.3 is 0 Å². The van der Waals surface area contributed by atoms with Gasteiger partial charge in [0.05, 0.1) is 13.2 Å². The summed E-state index contributed by atoms with van der Waals surface area (Å²) >= 11 is 3.40. The van der Waals surface area contributed by atoms with Crippen LogP contribution >= 0.6 is 15.9 Å². The van der Waals surface area contributed by atoms with E-state index in [0.717, 1.165) is 10.0 Å². The smallest absolute Gasteiger partial charge is 0.147 e. The van der Waals surface area contributed by atoms with E-state index in [2.05, 4.69) is 15.9 Å². The van der Waals surface area contributed by atoms with Gasteiger partial charge in [-0.2, -0.15) is 0 Å². The van der Waals surface area contributed by atoms with Crippen LogP contribution in [-0.4, -0.2) is 43.9 Å². The van der Waals surface area contributed by atoms with Crippen molar-refractivity contribution in [2.45, 2.75) is 18.3 Å². The zero-order valence-electron chi connectivity index (χ0n) is 10.8. The monoisotopic (exact) mass is 350 g/mol. The molecule has 0 amide bonds. The molecule has 2 N–H and O–H groups in total. The van der Waals surface area contributed by atoms with Crippen molar-refractivity contribution in [2.24, 2.45) is 0 Å². The topological polar surface area (TPSA) is 74.6 Å². The van der Waals surface area contributed by atoms with E-state index in [-0.39, 0.29) is 19.0 Å². The number of rotatable bonds is 7. The van der Waals surface area contributed by atoms with E-state index in [4.69, 9.17) is 0 Å². The highest BCUT2D eigenvalue weighted by molar-refractivity contribution is 9.10. The van der Waals surface area contributed by atoms with E-state index < -0.39 is 15.3 Å². The molecule has 6 heteroatoms. The maximum absolute atomic E-state index is 11.2. The minimum atomic E-state index is -3.03. The largest absolute Gasteiger partial charge is 0.395 e. The van der Waals surface area contributed by atoms with Gasteiger partial charge in [0.2, 0.25) is 0 Å². The molecule has 1 aromatic rings. The lowest BCUT2D eigenvalue weighted by atomic mass is 9.78. The average Bonchev–Trinajstić information content (AvgIpc) is 2.35. The van der Waals surface area contributed by atoms with Crippen molar-refractivity contribution >= 4 is 25.8 Å². The standard InChI is InChI=1S/C13H19BrO4S/c1-19(17,18)8-4-7-13(9-15,10-16)11-5-2-3-6-12(11)14/h2-3,5-6,15-16H,4,7-10H2,1H3. The predicted octanol–water partition coefficient (Wildman–Crippen LogP) is 1.50. The summed E-state index contributed by atoms with van der Waals surface area (Å²) in [5.41, 5.74) is -0.0152. The van der Waals surface area contributed by atoms with E-state index in [1.165, 1.54) is 6.26 Å². The summed E-state index contributed by atoms with van der Waals surface area (Å²) in [6.07, 6.45) is 2.00. The predicted molar refractivity (Wildman–Crippen MR) is 78.9 cm³/mol. The molecule has 0 aliphatic rings.